The van der Waals surface area contributed by atoms with E-state index in [1.807, 2.05) is 0 Å². The topological polar surface area (TPSA) is 74.3 Å². The molecule has 5 heteroatoms. The van der Waals surface area contributed by atoms with Crippen LogP contribution in [0.3, 0.4) is 0 Å². The minimum Gasteiger partial charge on any atom is -0.462 e. The third-order valence-corrected chi connectivity index (χ3v) is 3.25. The molecule has 1 saturated heterocycles. The molecule has 0 N–H and O–H groups in total. The van der Waals surface area contributed by atoms with Gasteiger partial charge in [0.2, 0.25) is 5.91 Å². The van der Waals surface area contributed by atoms with Crippen molar-refractivity contribution in [2.75, 3.05) is 13.1 Å². The Morgan fingerprint density at radius 2 is 2.10 bits per heavy atom. The average Bonchev–Trinajstić information content (AvgIpc) is 3.08. The lowest BCUT2D eigenvalue weighted by molar-refractivity contribution is -0.136. The molecule has 5 nitrogen and oxygen atoms in total. The molecule has 20 heavy (non-hydrogen) atoms. The van der Waals surface area contributed by atoms with Crippen molar-refractivity contribution in [3.63, 3.8) is 0 Å². The van der Waals surface area contributed by atoms with E-state index in [0.717, 1.165) is 18.6 Å². The number of amides is 1. The summed E-state index contributed by atoms with van der Waals surface area (Å²) in [5, 5.41) is 9.05. The van der Waals surface area contributed by atoms with Crippen LogP contribution in [0, 0.1) is 24.2 Å². The molecule has 1 atom stereocenters. The number of nitrogens with zero attached hydrogens (tertiary/aromatic N) is 2. The molecule has 0 saturated carbocycles. The summed E-state index contributed by atoms with van der Waals surface area (Å²) in [4.78, 5) is 25.6. The first kappa shape index (κ1) is 14.1. The Morgan fingerprint density at radius 1 is 1.40 bits per heavy atom. The van der Waals surface area contributed by atoms with Crippen LogP contribution in [-0.4, -0.2) is 29.7 Å². The third kappa shape index (κ3) is 3.15. The summed E-state index contributed by atoms with van der Waals surface area (Å²) in [6, 6.07) is 5.30. The van der Waals surface area contributed by atoms with Gasteiger partial charge in [0.25, 0.3) is 0 Å². The minimum absolute atomic E-state index is 0.393. The molecule has 0 aromatic carbocycles. The van der Waals surface area contributed by atoms with Crippen molar-refractivity contribution < 1.29 is 14.0 Å². The molecular formula is C15H16N2O3. The minimum atomic E-state index is -1.25. The van der Waals surface area contributed by atoms with Gasteiger partial charge in [-0.1, -0.05) is 0 Å². The Hall–Kier alpha value is -2.35. The van der Waals surface area contributed by atoms with Gasteiger partial charge in [-0.25, -0.2) is 0 Å². The van der Waals surface area contributed by atoms with E-state index >= 15 is 0 Å². The smallest absolute Gasteiger partial charge is 0.247 e. The molecular weight excluding hydrogens is 256 g/mol. The second-order valence-corrected chi connectivity index (χ2v) is 4.78. The summed E-state index contributed by atoms with van der Waals surface area (Å²) < 4.78 is 5.29. The fourth-order valence-corrected chi connectivity index (χ4v) is 2.16. The molecule has 1 aliphatic rings. The van der Waals surface area contributed by atoms with E-state index in [2.05, 4.69) is 0 Å². The zero-order valence-corrected chi connectivity index (χ0v) is 11.3. The Morgan fingerprint density at radius 3 is 2.65 bits per heavy atom. The van der Waals surface area contributed by atoms with Gasteiger partial charge in [0.15, 0.2) is 11.7 Å². The molecule has 104 valence electrons. The van der Waals surface area contributed by atoms with E-state index in [9.17, 15) is 9.59 Å². The standard InChI is InChI=1S/C15H16N2O3/c1-11-4-5-12(20-11)6-7-14(18)13(10-16)15(19)17-8-2-3-9-17/h4-7,13H,2-3,8-9H2,1H3. The number of hydrogen-bond acceptors (Lipinski definition) is 4. The predicted molar refractivity (Wildman–Crippen MR) is 72.4 cm³/mol. The maximum atomic E-state index is 12.1. The van der Waals surface area contributed by atoms with Gasteiger partial charge in [-0.05, 0) is 44.1 Å². The summed E-state index contributed by atoms with van der Waals surface area (Å²) in [6.07, 6.45) is 4.58. The van der Waals surface area contributed by atoms with E-state index in [4.69, 9.17) is 9.68 Å². The molecule has 1 fully saturated rings. The Labute approximate surface area is 117 Å². The summed E-state index contributed by atoms with van der Waals surface area (Å²) in [5.74, 6) is -0.877. The molecule has 1 amide bonds. The maximum Gasteiger partial charge on any atom is 0.247 e. The van der Waals surface area contributed by atoms with Gasteiger partial charge in [-0.3, -0.25) is 9.59 Å². The summed E-state index contributed by atoms with van der Waals surface area (Å²) >= 11 is 0. The predicted octanol–water partition coefficient (Wildman–Crippen LogP) is 1.93. The van der Waals surface area contributed by atoms with Gasteiger partial charge in [-0.2, -0.15) is 5.26 Å². The highest BCUT2D eigenvalue weighted by atomic mass is 16.3. The van der Waals surface area contributed by atoms with Crippen LogP contribution in [0.25, 0.3) is 6.08 Å². The number of carbonyl (C=O) groups excluding carboxylic acids is 2. The van der Waals surface area contributed by atoms with Crippen LogP contribution in [-0.2, 0) is 9.59 Å². The summed E-state index contributed by atoms with van der Waals surface area (Å²) in [5.41, 5.74) is 0. The lowest BCUT2D eigenvalue weighted by Crippen LogP contribution is -2.36. The van der Waals surface area contributed by atoms with E-state index < -0.39 is 17.6 Å². The number of ketones is 1. The van der Waals surface area contributed by atoms with Crippen molar-refractivity contribution in [3.8, 4) is 6.07 Å². The van der Waals surface area contributed by atoms with Crippen molar-refractivity contribution in [2.24, 2.45) is 5.92 Å². The quantitative estimate of drug-likeness (QED) is 0.620. The van der Waals surface area contributed by atoms with Crippen LogP contribution >= 0.6 is 0 Å². The van der Waals surface area contributed by atoms with Gasteiger partial charge < -0.3 is 9.32 Å². The molecule has 2 heterocycles. The third-order valence-electron chi connectivity index (χ3n) is 3.25. The number of furan rings is 1. The fourth-order valence-electron chi connectivity index (χ4n) is 2.16. The zero-order chi connectivity index (χ0) is 14.5. The van der Waals surface area contributed by atoms with E-state index in [0.29, 0.717) is 18.8 Å². The number of nitriles is 1. The maximum absolute atomic E-state index is 12.1. The van der Waals surface area contributed by atoms with Crippen molar-refractivity contribution in [2.45, 2.75) is 19.8 Å². The first-order valence-electron chi connectivity index (χ1n) is 6.58. The molecule has 0 bridgehead atoms. The number of hydrogen-bond donors (Lipinski definition) is 0. The van der Waals surface area contributed by atoms with Crippen molar-refractivity contribution in [1.82, 2.24) is 4.90 Å². The molecule has 0 aliphatic carbocycles. The number of aryl methyl sites for hydroxylation is 1. The van der Waals surface area contributed by atoms with Crippen molar-refractivity contribution >= 4 is 17.8 Å². The normalized spacial score (nSPS) is 16.3. The SMILES string of the molecule is Cc1ccc(C=CC(=O)C(C#N)C(=O)N2CCCC2)o1. The van der Waals surface area contributed by atoms with Gasteiger partial charge in [-0.15, -0.1) is 0 Å². The highest BCUT2D eigenvalue weighted by Gasteiger charge is 2.30. The van der Waals surface area contributed by atoms with Crippen LogP contribution in [0.2, 0.25) is 0 Å². The molecule has 1 aromatic rings. The lowest BCUT2D eigenvalue weighted by Gasteiger charge is -2.16. The van der Waals surface area contributed by atoms with Crippen LogP contribution < -0.4 is 0 Å². The van der Waals surface area contributed by atoms with Crippen LogP contribution in [0.15, 0.2) is 22.6 Å². The molecule has 2 rings (SSSR count). The van der Waals surface area contributed by atoms with Gasteiger partial charge in [0, 0.05) is 13.1 Å². The Bertz CT molecular complexity index is 574. The molecule has 0 spiro atoms. The van der Waals surface area contributed by atoms with Gasteiger partial charge >= 0.3 is 0 Å². The Balaban J connectivity index is 2.03. The van der Waals surface area contributed by atoms with Crippen LogP contribution in [0.1, 0.15) is 24.4 Å². The van der Waals surface area contributed by atoms with Crippen LogP contribution in [0.4, 0.5) is 0 Å². The molecule has 0 radical (unpaired) electrons. The van der Waals surface area contributed by atoms with Crippen molar-refractivity contribution in [3.05, 3.63) is 29.7 Å². The monoisotopic (exact) mass is 272 g/mol. The number of rotatable bonds is 4. The first-order valence-corrected chi connectivity index (χ1v) is 6.58. The van der Waals surface area contributed by atoms with Gasteiger partial charge in [0.1, 0.15) is 11.5 Å². The first-order chi connectivity index (χ1) is 9.61. The lowest BCUT2D eigenvalue weighted by atomic mass is 10.0. The summed E-state index contributed by atoms with van der Waals surface area (Å²) in [7, 11) is 0. The number of allylic oxidation sites excluding steroid dienone is 1. The zero-order valence-electron chi connectivity index (χ0n) is 11.3. The largest absolute Gasteiger partial charge is 0.462 e. The highest BCUT2D eigenvalue weighted by molar-refractivity contribution is 6.10. The van der Waals surface area contributed by atoms with E-state index in [-0.39, 0.29) is 0 Å². The molecule has 1 aromatic heterocycles. The van der Waals surface area contributed by atoms with Crippen molar-refractivity contribution in [1.29, 1.82) is 5.26 Å². The van der Waals surface area contributed by atoms with Gasteiger partial charge in [0.05, 0.1) is 6.07 Å². The van der Waals surface area contributed by atoms with E-state index in [1.165, 1.54) is 12.2 Å². The summed E-state index contributed by atoms with van der Waals surface area (Å²) in [6.45, 7) is 3.06. The number of likely N-dealkylation sites (tertiary alicyclic amines) is 1. The molecule has 1 unspecified atom stereocenters. The van der Waals surface area contributed by atoms with Crippen LogP contribution in [0.5, 0.6) is 0 Å². The number of carbonyl (C=O) groups is 2. The second kappa shape index (κ2) is 6.20. The molecule has 1 aliphatic heterocycles. The highest BCUT2D eigenvalue weighted by Crippen LogP contribution is 2.14. The average molecular weight is 272 g/mol. The van der Waals surface area contributed by atoms with E-state index in [1.54, 1.807) is 30.0 Å². The fraction of sp³-hybridized carbons (Fsp3) is 0.400. The Kier molecular flexibility index (Phi) is 4.36. The second-order valence-electron chi connectivity index (χ2n) is 4.78.